The van der Waals surface area contributed by atoms with Gasteiger partial charge < -0.3 is 4.74 Å². The van der Waals surface area contributed by atoms with E-state index in [4.69, 9.17) is 27.9 Å². The van der Waals surface area contributed by atoms with Crippen LogP contribution in [-0.2, 0) is 17.9 Å². The van der Waals surface area contributed by atoms with E-state index in [-0.39, 0.29) is 17.7 Å². The molecule has 0 atom stereocenters. The molecule has 174 valence electrons. The van der Waals surface area contributed by atoms with Gasteiger partial charge in [0.2, 0.25) is 0 Å². The van der Waals surface area contributed by atoms with Crippen LogP contribution in [0.3, 0.4) is 0 Å². The first-order valence-corrected chi connectivity index (χ1v) is 12.4. The lowest BCUT2D eigenvalue weighted by atomic mass is 10.1. The first-order chi connectivity index (χ1) is 17.0. The second-order valence-electron chi connectivity index (χ2n) is 7.98. The van der Waals surface area contributed by atoms with Gasteiger partial charge in [-0.2, -0.15) is 0 Å². The summed E-state index contributed by atoms with van der Waals surface area (Å²) in [4.78, 5) is 27.2. The summed E-state index contributed by atoms with van der Waals surface area (Å²) in [5.74, 6) is 0.238. The highest BCUT2D eigenvalue weighted by atomic mass is 35.5. The number of benzene rings is 4. The van der Waals surface area contributed by atoms with Gasteiger partial charge in [0.1, 0.15) is 12.4 Å². The van der Waals surface area contributed by atoms with Crippen LogP contribution in [0.4, 0.5) is 4.79 Å². The molecule has 0 radical (unpaired) electrons. The smallest absolute Gasteiger partial charge is 0.293 e. The summed E-state index contributed by atoms with van der Waals surface area (Å²) in [7, 11) is 0. The Balaban J connectivity index is 1.35. The summed E-state index contributed by atoms with van der Waals surface area (Å²) in [6.07, 6.45) is 1.69. The molecule has 0 bridgehead atoms. The summed E-state index contributed by atoms with van der Waals surface area (Å²) >= 11 is 13.4. The van der Waals surface area contributed by atoms with E-state index in [0.29, 0.717) is 32.9 Å². The molecule has 0 saturated carbocycles. The van der Waals surface area contributed by atoms with Crippen LogP contribution in [0.1, 0.15) is 16.7 Å². The van der Waals surface area contributed by atoms with Gasteiger partial charge in [-0.1, -0.05) is 83.9 Å². The number of para-hydroxylation sites is 1. The SMILES string of the molecule is O=C1S/C(=C\c2ccccc2OCc2ccc3ccccc3c2)C(=O)N1Cc1c(Cl)cccc1Cl. The maximum Gasteiger partial charge on any atom is 0.293 e. The fraction of sp³-hybridized carbons (Fsp3) is 0.0714. The molecule has 1 saturated heterocycles. The molecule has 35 heavy (non-hydrogen) atoms. The van der Waals surface area contributed by atoms with Crippen LogP contribution in [0.2, 0.25) is 10.0 Å². The number of ether oxygens (including phenoxy) is 1. The maximum absolute atomic E-state index is 13.1. The lowest BCUT2D eigenvalue weighted by Gasteiger charge is -2.14. The Bertz CT molecular complexity index is 1460. The first kappa shape index (κ1) is 23.5. The number of hydrogen-bond donors (Lipinski definition) is 0. The van der Waals surface area contributed by atoms with Gasteiger partial charge in [0.15, 0.2) is 0 Å². The van der Waals surface area contributed by atoms with Crippen LogP contribution in [0.5, 0.6) is 5.75 Å². The van der Waals surface area contributed by atoms with Crippen molar-refractivity contribution in [2.45, 2.75) is 13.2 Å². The van der Waals surface area contributed by atoms with Crippen LogP contribution in [-0.4, -0.2) is 16.0 Å². The van der Waals surface area contributed by atoms with Crippen molar-refractivity contribution in [3.05, 3.63) is 117 Å². The molecule has 0 aliphatic carbocycles. The summed E-state index contributed by atoms with van der Waals surface area (Å²) in [6, 6.07) is 26.9. The highest BCUT2D eigenvalue weighted by Crippen LogP contribution is 2.36. The Morgan fingerprint density at radius 1 is 0.829 bits per heavy atom. The molecule has 5 rings (SSSR count). The minimum atomic E-state index is -0.389. The number of hydrogen-bond acceptors (Lipinski definition) is 4. The third-order valence-corrected chi connectivity index (χ3v) is 7.28. The number of amides is 2. The molecule has 4 nitrogen and oxygen atoms in total. The van der Waals surface area contributed by atoms with Crippen molar-refractivity contribution in [1.82, 2.24) is 4.90 Å². The van der Waals surface area contributed by atoms with Crippen molar-refractivity contribution in [2.24, 2.45) is 0 Å². The fourth-order valence-electron chi connectivity index (χ4n) is 3.84. The Labute approximate surface area is 217 Å². The number of rotatable bonds is 6. The van der Waals surface area contributed by atoms with Gasteiger partial charge in [0, 0.05) is 21.2 Å². The summed E-state index contributed by atoms with van der Waals surface area (Å²) in [5.41, 5.74) is 2.29. The molecule has 0 aromatic heterocycles. The van der Waals surface area contributed by atoms with Crippen LogP contribution >= 0.6 is 35.0 Å². The average Bonchev–Trinajstić information content (AvgIpc) is 3.12. The van der Waals surface area contributed by atoms with Crippen molar-refractivity contribution in [2.75, 3.05) is 0 Å². The monoisotopic (exact) mass is 519 g/mol. The molecule has 1 aliphatic rings. The highest BCUT2D eigenvalue weighted by Gasteiger charge is 2.36. The van der Waals surface area contributed by atoms with Gasteiger partial charge in [0.25, 0.3) is 11.1 Å². The maximum atomic E-state index is 13.1. The van der Waals surface area contributed by atoms with E-state index in [2.05, 4.69) is 24.3 Å². The zero-order valence-corrected chi connectivity index (χ0v) is 20.7. The molecule has 7 heteroatoms. The number of imide groups is 1. The molecule has 4 aromatic carbocycles. The Morgan fingerprint density at radius 2 is 1.54 bits per heavy atom. The van der Waals surface area contributed by atoms with E-state index in [0.717, 1.165) is 33.2 Å². The predicted molar refractivity (Wildman–Crippen MR) is 143 cm³/mol. The van der Waals surface area contributed by atoms with Gasteiger partial charge in [-0.15, -0.1) is 0 Å². The molecule has 1 heterocycles. The van der Waals surface area contributed by atoms with Crippen LogP contribution < -0.4 is 4.74 Å². The lowest BCUT2D eigenvalue weighted by Crippen LogP contribution is -2.27. The summed E-state index contributed by atoms with van der Waals surface area (Å²) < 4.78 is 6.10. The number of thioether (sulfide) groups is 1. The summed E-state index contributed by atoms with van der Waals surface area (Å²) in [6.45, 7) is 0.392. The van der Waals surface area contributed by atoms with E-state index in [1.54, 1.807) is 24.3 Å². The zero-order chi connectivity index (χ0) is 24.4. The minimum Gasteiger partial charge on any atom is -0.488 e. The predicted octanol–water partition coefficient (Wildman–Crippen LogP) is 7.96. The van der Waals surface area contributed by atoms with E-state index in [1.807, 2.05) is 42.5 Å². The quantitative estimate of drug-likeness (QED) is 0.242. The largest absolute Gasteiger partial charge is 0.488 e. The summed E-state index contributed by atoms with van der Waals surface area (Å²) in [5, 5.41) is 2.77. The van der Waals surface area contributed by atoms with Crippen molar-refractivity contribution in [1.29, 1.82) is 0 Å². The topological polar surface area (TPSA) is 46.6 Å². The molecule has 0 N–H and O–H groups in total. The number of fused-ring (bicyclic) bond motifs is 1. The Kier molecular flexibility index (Phi) is 6.82. The molecule has 1 fully saturated rings. The van der Waals surface area contributed by atoms with Crippen LogP contribution in [0, 0.1) is 0 Å². The standard InChI is InChI=1S/C28H19Cl2NO3S/c29-23-9-5-10-24(30)22(23)16-31-27(32)26(35-28(31)33)15-21-8-3-4-11-25(21)34-17-18-12-13-19-6-1-2-7-20(19)14-18/h1-15H,16-17H2/b26-15-. The minimum absolute atomic E-state index is 0.0145. The van der Waals surface area contributed by atoms with Gasteiger partial charge >= 0.3 is 0 Å². The molecule has 2 amide bonds. The van der Waals surface area contributed by atoms with Gasteiger partial charge in [-0.05, 0) is 58.4 Å². The molecule has 4 aromatic rings. The van der Waals surface area contributed by atoms with Crippen molar-refractivity contribution < 1.29 is 14.3 Å². The normalized spacial score (nSPS) is 14.8. The van der Waals surface area contributed by atoms with E-state index in [1.165, 1.54) is 5.39 Å². The average molecular weight is 520 g/mol. The molecule has 0 unspecified atom stereocenters. The number of halogens is 2. The first-order valence-electron chi connectivity index (χ1n) is 10.9. The molecule has 0 spiro atoms. The van der Waals surface area contributed by atoms with Gasteiger partial charge in [-0.3, -0.25) is 14.5 Å². The Hall–Kier alpha value is -3.25. The number of carbonyl (C=O) groups is 2. The van der Waals surface area contributed by atoms with Crippen LogP contribution in [0.25, 0.3) is 16.8 Å². The van der Waals surface area contributed by atoms with Crippen molar-refractivity contribution >= 4 is 63.0 Å². The molecular formula is C28H19Cl2NO3S. The van der Waals surface area contributed by atoms with Gasteiger partial charge in [0.05, 0.1) is 11.4 Å². The molecular weight excluding hydrogens is 501 g/mol. The number of nitrogens with zero attached hydrogens (tertiary/aromatic N) is 1. The third-order valence-electron chi connectivity index (χ3n) is 5.67. The zero-order valence-electron chi connectivity index (χ0n) is 18.4. The van der Waals surface area contributed by atoms with E-state index < -0.39 is 0 Å². The van der Waals surface area contributed by atoms with Crippen molar-refractivity contribution in [3.63, 3.8) is 0 Å². The Morgan fingerprint density at radius 3 is 2.34 bits per heavy atom. The van der Waals surface area contributed by atoms with Gasteiger partial charge in [-0.25, -0.2) is 0 Å². The highest BCUT2D eigenvalue weighted by molar-refractivity contribution is 8.18. The fourth-order valence-corrected chi connectivity index (χ4v) is 5.19. The van der Waals surface area contributed by atoms with Crippen molar-refractivity contribution in [3.8, 4) is 5.75 Å². The lowest BCUT2D eigenvalue weighted by molar-refractivity contribution is -0.123. The van der Waals surface area contributed by atoms with Crippen LogP contribution in [0.15, 0.2) is 89.8 Å². The van der Waals surface area contributed by atoms with E-state index >= 15 is 0 Å². The second-order valence-corrected chi connectivity index (χ2v) is 9.78. The number of carbonyl (C=O) groups excluding carboxylic acids is 2. The molecule has 1 aliphatic heterocycles. The third kappa shape index (κ3) is 5.08. The van der Waals surface area contributed by atoms with E-state index in [9.17, 15) is 9.59 Å². The second kappa shape index (κ2) is 10.2.